The van der Waals surface area contributed by atoms with Gasteiger partial charge in [0.25, 0.3) is 0 Å². The third kappa shape index (κ3) is 9.52. The summed E-state index contributed by atoms with van der Waals surface area (Å²) in [5, 5.41) is 2.45. The standard InChI is InChI=1S/C66H64/c1-41-31-45(5)63(46(6)32-41)61(64-47(7)33-42(2)34-48(64)8)39-57-22-15-13-19-53(57)25-26-56-28-27-55-21-17-18-24-59(55)60(56)30-29-54-20-14-16-23-58(54)40-62(65-49(9)35-43(3)36-50(65)10)66-51(11)37-44(4)38-52(66)12/h13-40H,1-12H3. The summed E-state index contributed by atoms with van der Waals surface area (Å²) in [6, 6.07) is 49.5. The van der Waals surface area contributed by atoms with Gasteiger partial charge < -0.3 is 0 Å². The van der Waals surface area contributed by atoms with Crippen LogP contribution in [0.4, 0.5) is 0 Å². The van der Waals surface area contributed by atoms with E-state index in [4.69, 9.17) is 0 Å². The molecule has 8 aromatic carbocycles. The van der Waals surface area contributed by atoms with Gasteiger partial charge in [0.2, 0.25) is 0 Å². The number of benzene rings is 8. The Kier molecular flexibility index (Phi) is 13.3. The van der Waals surface area contributed by atoms with Crippen LogP contribution in [0.25, 0.3) is 58.4 Å². The second kappa shape index (κ2) is 19.2. The van der Waals surface area contributed by atoms with Crippen molar-refractivity contribution in [1.29, 1.82) is 0 Å². The largest absolute Gasteiger partial charge is 0.0616 e. The Labute approximate surface area is 395 Å². The van der Waals surface area contributed by atoms with Crippen LogP contribution in [0.3, 0.4) is 0 Å². The molecular weight excluding hydrogens is 793 g/mol. The topological polar surface area (TPSA) is 0 Å². The van der Waals surface area contributed by atoms with Crippen molar-refractivity contribution >= 4 is 58.4 Å². The summed E-state index contributed by atoms with van der Waals surface area (Å²) in [7, 11) is 0. The second-order valence-electron chi connectivity index (χ2n) is 18.9. The van der Waals surface area contributed by atoms with Gasteiger partial charge in [0.1, 0.15) is 0 Å². The van der Waals surface area contributed by atoms with E-state index in [1.807, 2.05) is 0 Å². The van der Waals surface area contributed by atoms with Crippen LogP contribution in [0, 0.1) is 83.1 Å². The van der Waals surface area contributed by atoms with Crippen LogP contribution in [0.5, 0.6) is 0 Å². The first-order valence-electron chi connectivity index (χ1n) is 23.5. The Morgan fingerprint density at radius 3 is 0.970 bits per heavy atom. The predicted octanol–water partition coefficient (Wildman–Crippen LogP) is 18.1. The zero-order valence-electron chi connectivity index (χ0n) is 41.2. The molecule has 0 nitrogen and oxygen atoms in total. The fraction of sp³-hybridized carbons (Fsp3) is 0.182. The lowest BCUT2D eigenvalue weighted by Gasteiger charge is -2.21. The maximum Gasteiger partial charge on any atom is -0.00946 e. The lowest BCUT2D eigenvalue weighted by Crippen LogP contribution is -2.01. The van der Waals surface area contributed by atoms with Gasteiger partial charge in [-0.05, 0) is 217 Å². The van der Waals surface area contributed by atoms with Crippen molar-refractivity contribution in [3.8, 4) is 0 Å². The molecule has 0 fully saturated rings. The Hall–Kier alpha value is -7.02. The molecule has 0 heterocycles. The van der Waals surface area contributed by atoms with Crippen molar-refractivity contribution in [3.05, 3.63) is 256 Å². The van der Waals surface area contributed by atoms with Crippen LogP contribution in [-0.2, 0) is 0 Å². The van der Waals surface area contributed by atoms with Crippen molar-refractivity contribution < 1.29 is 0 Å². The number of aryl methyl sites for hydroxylation is 12. The summed E-state index contributed by atoms with van der Waals surface area (Å²) in [4.78, 5) is 0. The molecule has 328 valence electrons. The molecule has 0 aliphatic rings. The highest BCUT2D eigenvalue weighted by Gasteiger charge is 2.19. The molecule has 66 heavy (non-hydrogen) atoms. The van der Waals surface area contributed by atoms with Gasteiger partial charge in [0, 0.05) is 0 Å². The first-order valence-corrected chi connectivity index (χ1v) is 23.5. The number of fused-ring (bicyclic) bond motifs is 1. The SMILES string of the molecule is Cc1cc(C)c(C(=Cc2ccccc2C=Cc2ccc3ccccc3c2C=Cc2ccccc2C=C(c2c(C)cc(C)cc2C)c2c(C)cc(C)cc2C)c2c(C)cc(C)cc2C)c(C)c1. The lowest BCUT2D eigenvalue weighted by atomic mass is 9.83. The molecule has 0 aromatic heterocycles. The van der Waals surface area contributed by atoms with E-state index in [0.717, 1.165) is 0 Å². The van der Waals surface area contributed by atoms with Crippen LogP contribution < -0.4 is 0 Å². The van der Waals surface area contributed by atoms with Crippen LogP contribution in [0.15, 0.2) is 133 Å². The molecule has 8 aromatic rings. The van der Waals surface area contributed by atoms with E-state index in [1.54, 1.807) is 0 Å². The van der Waals surface area contributed by atoms with Gasteiger partial charge in [-0.1, -0.05) is 180 Å². The average Bonchev–Trinajstić information content (AvgIpc) is 3.24. The Balaban J connectivity index is 1.26. The Bertz CT molecular complexity index is 3090. The first-order chi connectivity index (χ1) is 31.7. The zero-order valence-corrected chi connectivity index (χ0v) is 41.2. The number of hydrogen-bond donors (Lipinski definition) is 0. The molecule has 0 spiro atoms. The molecule has 0 saturated carbocycles. The highest BCUT2D eigenvalue weighted by molar-refractivity contribution is 6.01. The minimum Gasteiger partial charge on any atom is -0.0616 e. The number of rotatable bonds is 10. The lowest BCUT2D eigenvalue weighted by molar-refractivity contribution is 1.25. The van der Waals surface area contributed by atoms with Crippen LogP contribution in [-0.4, -0.2) is 0 Å². The van der Waals surface area contributed by atoms with Gasteiger partial charge in [-0.15, -0.1) is 0 Å². The molecule has 0 atom stereocenters. The minimum atomic E-state index is 1.17. The Morgan fingerprint density at radius 2 is 0.591 bits per heavy atom. The van der Waals surface area contributed by atoms with Crippen LogP contribution in [0.1, 0.15) is 122 Å². The molecule has 0 N–H and O–H groups in total. The van der Waals surface area contributed by atoms with Crippen LogP contribution >= 0.6 is 0 Å². The van der Waals surface area contributed by atoms with E-state index < -0.39 is 0 Å². The van der Waals surface area contributed by atoms with Gasteiger partial charge in [0.15, 0.2) is 0 Å². The summed E-state index contributed by atoms with van der Waals surface area (Å²) in [5.74, 6) is 0. The molecular formula is C66H64. The molecule has 0 radical (unpaired) electrons. The quantitative estimate of drug-likeness (QED) is 0.120. The van der Waals surface area contributed by atoms with Gasteiger partial charge in [-0.25, -0.2) is 0 Å². The van der Waals surface area contributed by atoms with Gasteiger partial charge in [-0.2, -0.15) is 0 Å². The fourth-order valence-electron chi connectivity index (χ4n) is 10.9. The highest BCUT2D eigenvalue weighted by Crippen LogP contribution is 2.39. The maximum absolute atomic E-state index is 2.43. The van der Waals surface area contributed by atoms with E-state index in [1.165, 1.54) is 144 Å². The molecule has 8 rings (SSSR count). The van der Waals surface area contributed by atoms with E-state index >= 15 is 0 Å². The molecule has 0 unspecified atom stereocenters. The van der Waals surface area contributed by atoms with E-state index in [2.05, 4.69) is 253 Å². The van der Waals surface area contributed by atoms with Crippen molar-refractivity contribution in [1.82, 2.24) is 0 Å². The van der Waals surface area contributed by atoms with Crippen molar-refractivity contribution in [2.75, 3.05) is 0 Å². The molecule has 0 aliphatic heterocycles. The highest BCUT2D eigenvalue weighted by atomic mass is 14.2. The van der Waals surface area contributed by atoms with Crippen molar-refractivity contribution in [3.63, 3.8) is 0 Å². The summed E-state index contributed by atoms with van der Waals surface area (Å²) < 4.78 is 0. The predicted molar refractivity (Wildman–Crippen MR) is 291 cm³/mol. The molecule has 0 saturated heterocycles. The second-order valence-corrected chi connectivity index (χ2v) is 18.9. The van der Waals surface area contributed by atoms with E-state index in [-0.39, 0.29) is 0 Å². The normalized spacial score (nSPS) is 11.5. The number of hydrogen-bond acceptors (Lipinski definition) is 0. The maximum atomic E-state index is 2.43. The van der Waals surface area contributed by atoms with Gasteiger partial charge >= 0.3 is 0 Å². The van der Waals surface area contributed by atoms with E-state index in [0.29, 0.717) is 0 Å². The van der Waals surface area contributed by atoms with Crippen LogP contribution in [0.2, 0.25) is 0 Å². The molecule has 0 bridgehead atoms. The smallest absolute Gasteiger partial charge is 0.00946 e. The summed E-state index contributed by atoms with van der Waals surface area (Å²) in [5.41, 5.74) is 30.4. The molecule has 0 amide bonds. The molecule has 0 aliphatic carbocycles. The van der Waals surface area contributed by atoms with E-state index in [9.17, 15) is 0 Å². The third-order valence-corrected chi connectivity index (χ3v) is 13.3. The van der Waals surface area contributed by atoms with Crippen molar-refractivity contribution in [2.24, 2.45) is 0 Å². The zero-order chi connectivity index (χ0) is 46.8. The summed E-state index contributed by atoms with van der Waals surface area (Å²) in [6.07, 6.45) is 14.1. The monoisotopic (exact) mass is 857 g/mol. The van der Waals surface area contributed by atoms with Gasteiger partial charge in [-0.3, -0.25) is 0 Å². The minimum absolute atomic E-state index is 1.17. The average molecular weight is 857 g/mol. The van der Waals surface area contributed by atoms with Gasteiger partial charge in [0.05, 0.1) is 0 Å². The fourth-order valence-corrected chi connectivity index (χ4v) is 10.9. The third-order valence-electron chi connectivity index (χ3n) is 13.3. The molecule has 0 heteroatoms. The van der Waals surface area contributed by atoms with Crippen molar-refractivity contribution in [2.45, 2.75) is 83.1 Å². The first kappa shape index (κ1) is 45.5. The summed E-state index contributed by atoms with van der Waals surface area (Å²) in [6.45, 7) is 26.8. The Morgan fingerprint density at radius 1 is 0.288 bits per heavy atom. The summed E-state index contributed by atoms with van der Waals surface area (Å²) >= 11 is 0.